The molecule has 0 unspecified atom stereocenters. The van der Waals surface area contributed by atoms with Crippen molar-refractivity contribution in [1.82, 2.24) is 19.5 Å². The fourth-order valence-electron chi connectivity index (χ4n) is 4.25. The maximum atomic E-state index is 6.54. The van der Waals surface area contributed by atoms with Crippen LogP contribution in [0.5, 0.6) is 0 Å². The van der Waals surface area contributed by atoms with Crippen LogP contribution in [-0.2, 0) is 6.42 Å². The first-order valence-corrected chi connectivity index (χ1v) is 10.1. The molecule has 0 amide bonds. The minimum atomic E-state index is 0.608. The van der Waals surface area contributed by atoms with Crippen molar-refractivity contribution in [2.75, 3.05) is 23.7 Å². The van der Waals surface area contributed by atoms with E-state index >= 15 is 0 Å². The molecule has 4 aromatic rings. The van der Waals surface area contributed by atoms with E-state index < -0.39 is 0 Å². The Morgan fingerprint density at radius 2 is 1.59 bits per heavy atom. The summed E-state index contributed by atoms with van der Waals surface area (Å²) in [6.45, 7) is 1.92. The number of aromatic nitrogens is 4. The molecule has 0 radical (unpaired) electrons. The molecule has 1 aliphatic heterocycles. The van der Waals surface area contributed by atoms with Crippen LogP contribution in [0.1, 0.15) is 18.4 Å². The van der Waals surface area contributed by atoms with Gasteiger partial charge in [-0.2, -0.15) is 0 Å². The van der Waals surface area contributed by atoms with Gasteiger partial charge >= 0.3 is 0 Å². The Balaban J connectivity index is 1.36. The molecule has 0 saturated carbocycles. The van der Waals surface area contributed by atoms with E-state index in [4.69, 9.17) is 5.73 Å². The maximum absolute atomic E-state index is 6.54. The Kier molecular flexibility index (Phi) is 4.60. The van der Waals surface area contributed by atoms with E-state index in [1.54, 1.807) is 12.7 Å². The summed E-state index contributed by atoms with van der Waals surface area (Å²) in [4.78, 5) is 15.7. The van der Waals surface area contributed by atoms with E-state index in [1.807, 2.05) is 28.8 Å². The molecule has 29 heavy (non-hydrogen) atoms. The number of nitrogens with zero attached hydrogens (tertiary/aromatic N) is 5. The zero-order valence-corrected chi connectivity index (χ0v) is 16.3. The fraction of sp³-hybridized carbons (Fsp3) is 0.261. The SMILES string of the molecule is Nc1c(N2CCC(Cc3ccccc3)CC2)ncnc1-n1cnc2ccccc21. The van der Waals surface area contributed by atoms with Crippen LogP contribution in [0.4, 0.5) is 11.5 Å². The lowest BCUT2D eigenvalue weighted by Gasteiger charge is -2.33. The molecule has 2 aromatic heterocycles. The number of benzene rings is 2. The van der Waals surface area contributed by atoms with E-state index in [9.17, 15) is 0 Å². The van der Waals surface area contributed by atoms with Gasteiger partial charge in [-0.05, 0) is 42.9 Å². The largest absolute Gasteiger partial charge is 0.393 e. The molecule has 0 spiro atoms. The van der Waals surface area contributed by atoms with E-state index in [-0.39, 0.29) is 0 Å². The minimum absolute atomic E-state index is 0.608. The molecule has 1 aliphatic rings. The molecule has 0 aliphatic carbocycles. The molecule has 2 aromatic carbocycles. The van der Waals surface area contributed by atoms with E-state index in [0.717, 1.165) is 49.2 Å². The third-order valence-electron chi connectivity index (χ3n) is 5.80. The lowest BCUT2D eigenvalue weighted by atomic mass is 9.90. The number of rotatable bonds is 4. The highest BCUT2D eigenvalue weighted by Crippen LogP contribution is 2.31. The van der Waals surface area contributed by atoms with Gasteiger partial charge in [0.15, 0.2) is 11.6 Å². The van der Waals surface area contributed by atoms with Gasteiger partial charge in [0, 0.05) is 13.1 Å². The molecule has 1 fully saturated rings. The summed E-state index contributed by atoms with van der Waals surface area (Å²) in [6, 6.07) is 18.7. The summed E-state index contributed by atoms with van der Waals surface area (Å²) >= 11 is 0. The number of hydrogen-bond acceptors (Lipinski definition) is 5. The molecule has 2 N–H and O–H groups in total. The van der Waals surface area contributed by atoms with Gasteiger partial charge in [0.05, 0.1) is 11.0 Å². The van der Waals surface area contributed by atoms with Crippen LogP contribution in [-0.4, -0.2) is 32.6 Å². The monoisotopic (exact) mass is 384 g/mol. The summed E-state index contributed by atoms with van der Waals surface area (Å²) in [5, 5.41) is 0. The number of hydrogen-bond donors (Lipinski definition) is 1. The van der Waals surface area contributed by atoms with Gasteiger partial charge in [0.1, 0.15) is 18.3 Å². The summed E-state index contributed by atoms with van der Waals surface area (Å²) < 4.78 is 1.94. The van der Waals surface area contributed by atoms with E-state index in [1.165, 1.54) is 5.56 Å². The Morgan fingerprint density at radius 3 is 2.41 bits per heavy atom. The second-order valence-electron chi connectivity index (χ2n) is 7.66. The predicted octanol–water partition coefficient (Wildman–Crippen LogP) is 3.86. The van der Waals surface area contributed by atoms with Gasteiger partial charge in [0.2, 0.25) is 0 Å². The quantitative estimate of drug-likeness (QED) is 0.578. The number of fused-ring (bicyclic) bond motifs is 1. The summed E-state index contributed by atoms with van der Waals surface area (Å²) in [5.74, 6) is 2.22. The Bertz CT molecular complexity index is 1110. The third-order valence-corrected chi connectivity index (χ3v) is 5.80. The highest BCUT2D eigenvalue weighted by atomic mass is 15.2. The molecular weight excluding hydrogens is 360 g/mol. The highest BCUT2D eigenvalue weighted by molar-refractivity contribution is 5.80. The van der Waals surface area contributed by atoms with Crippen molar-refractivity contribution in [3.8, 4) is 5.82 Å². The molecule has 6 nitrogen and oxygen atoms in total. The average molecular weight is 384 g/mol. The summed E-state index contributed by atoms with van der Waals surface area (Å²) in [5.41, 5.74) is 10.5. The van der Waals surface area contributed by atoms with Crippen molar-refractivity contribution in [3.05, 3.63) is 72.8 Å². The van der Waals surface area contributed by atoms with Crippen LogP contribution in [0.25, 0.3) is 16.9 Å². The zero-order chi connectivity index (χ0) is 19.6. The minimum Gasteiger partial charge on any atom is -0.393 e. The van der Waals surface area contributed by atoms with Crippen LogP contribution in [0.2, 0.25) is 0 Å². The standard InChI is InChI=1S/C23H24N6/c24-21-22(28-12-10-18(11-13-28)14-17-6-2-1-3-7-17)25-15-26-23(21)29-16-27-19-8-4-5-9-20(19)29/h1-9,15-16,18H,10-14,24H2. The first kappa shape index (κ1) is 17.7. The van der Waals surface area contributed by atoms with Crippen molar-refractivity contribution in [2.45, 2.75) is 19.3 Å². The smallest absolute Gasteiger partial charge is 0.167 e. The number of para-hydroxylation sites is 2. The normalized spacial score (nSPS) is 15.1. The number of imidazole rings is 1. The maximum Gasteiger partial charge on any atom is 0.167 e. The van der Waals surface area contributed by atoms with Gasteiger partial charge < -0.3 is 10.6 Å². The van der Waals surface area contributed by atoms with Gasteiger partial charge in [-0.3, -0.25) is 4.57 Å². The van der Waals surface area contributed by atoms with Crippen molar-refractivity contribution in [3.63, 3.8) is 0 Å². The number of nitrogen functional groups attached to an aromatic ring is 1. The lowest BCUT2D eigenvalue weighted by molar-refractivity contribution is 0.402. The van der Waals surface area contributed by atoms with Crippen LogP contribution >= 0.6 is 0 Å². The van der Waals surface area contributed by atoms with Gasteiger partial charge in [-0.1, -0.05) is 42.5 Å². The molecule has 1 saturated heterocycles. The molecule has 6 heteroatoms. The summed E-state index contributed by atoms with van der Waals surface area (Å²) in [6.07, 6.45) is 6.80. The molecular formula is C23H24N6. The first-order valence-electron chi connectivity index (χ1n) is 10.1. The summed E-state index contributed by atoms with van der Waals surface area (Å²) in [7, 11) is 0. The Morgan fingerprint density at radius 1 is 0.862 bits per heavy atom. The lowest BCUT2D eigenvalue weighted by Crippen LogP contribution is -2.35. The zero-order valence-electron chi connectivity index (χ0n) is 16.3. The van der Waals surface area contributed by atoms with Crippen molar-refractivity contribution in [2.24, 2.45) is 5.92 Å². The van der Waals surface area contributed by atoms with Gasteiger partial charge in [-0.25, -0.2) is 15.0 Å². The van der Waals surface area contributed by atoms with Crippen LogP contribution in [0, 0.1) is 5.92 Å². The number of nitrogens with two attached hydrogens (primary N) is 1. The number of piperidine rings is 1. The van der Waals surface area contributed by atoms with Gasteiger partial charge in [-0.15, -0.1) is 0 Å². The van der Waals surface area contributed by atoms with Crippen LogP contribution < -0.4 is 10.6 Å². The molecule has 3 heterocycles. The third kappa shape index (κ3) is 3.42. The van der Waals surface area contributed by atoms with Crippen molar-refractivity contribution < 1.29 is 0 Å². The van der Waals surface area contributed by atoms with Crippen LogP contribution in [0.3, 0.4) is 0 Å². The van der Waals surface area contributed by atoms with E-state index in [2.05, 4.69) is 50.2 Å². The van der Waals surface area contributed by atoms with Crippen LogP contribution in [0.15, 0.2) is 67.3 Å². The second-order valence-corrected chi connectivity index (χ2v) is 7.66. The molecule has 146 valence electrons. The average Bonchev–Trinajstić information content (AvgIpc) is 3.19. The number of anilines is 2. The highest BCUT2D eigenvalue weighted by Gasteiger charge is 2.23. The van der Waals surface area contributed by atoms with Crippen molar-refractivity contribution >= 4 is 22.5 Å². The topological polar surface area (TPSA) is 72.9 Å². The fourth-order valence-corrected chi connectivity index (χ4v) is 4.25. The Labute approximate surface area is 170 Å². The van der Waals surface area contributed by atoms with E-state index in [0.29, 0.717) is 17.4 Å². The molecule has 5 rings (SSSR count). The second kappa shape index (κ2) is 7.54. The molecule has 0 atom stereocenters. The van der Waals surface area contributed by atoms with Crippen molar-refractivity contribution in [1.29, 1.82) is 0 Å². The predicted molar refractivity (Wildman–Crippen MR) is 116 cm³/mol. The molecule has 0 bridgehead atoms. The first-order chi connectivity index (χ1) is 14.3. The Hall–Kier alpha value is -3.41. The van der Waals surface area contributed by atoms with Gasteiger partial charge in [0.25, 0.3) is 0 Å².